The highest BCUT2D eigenvalue weighted by Crippen LogP contribution is 2.33. The maximum atomic E-state index is 12.1. The van der Waals surface area contributed by atoms with Gasteiger partial charge in [-0.1, -0.05) is 18.2 Å². The molecular weight excluding hydrogens is 352 g/mol. The van der Waals surface area contributed by atoms with Crippen LogP contribution in [-0.4, -0.2) is 50.6 Å². The van der Waals surface area contributed by atoms with Crippen molar-refractivity contribution in [1.29, 1.82) is 0 Å². The van der Waals surface area contributed by atoms with E-state index in [4.69, 9.17) is 18.9 Å². The summed E-state index contributed by atoms with van der Waals surface area (Å²) in [5.41, 5.74) is -0.421. The Balaban J connectivity index is 2.17. The molecule has 1 aliphatic rings. The Bertz CT molecular complexity index is 665. The highest BCUT2D eigenvalue weighted by atomic mass is 16.8. The van der Waals surface area contributed by atoms with Crippen LogP contribution in [0.15, 0.2) is 36.4 Å². The zero-order chi connectivity index (χ0) is 19.9. The van der Waals surface area contributed by atoms with Crippen LogP contribution in [0.25, 0.3) is 0 Å². The Morgan fingerprint density at radius 3 is 2.52 bits per heavy atom. The predicted octanol–water partition coefficient (Wildman–Crippen LogP) is 2.42. The second kappa shape index (κ2) is 9.12. The van der Waals surface area contributed by atoms with Crippen molar-refractivity contribution in [3.05, 3.63) is 42.0 Å². The SMILES string of the molecule is COC(=O)/C=C/CC(C=O)(OCc1ccc(OC)cc1)C1COC(C)(C)O1. The van der Waals surface area contributed by atoms with E-state index in [0.717, 1.165) is 11.3 Å². The van der Waals surface area contributed by atoms with E-state index in [1.165, 1.54) is 13.2 Å². The monoisotopic (exact) mass is 378 g/mol. The summed E-state index contributed by atoms with van der Waals surface area (Å²) < 4.78 is 27.2. The van der Waals surface area contributed by atoms with Crippen molar-refractivity contribution in [2.24, 2.45) is 0 Å². The van der Waals surface area contributed by atoms with Gasteiger partial charge in [0.15, 0.2) is 17.7 Å². The van der Waals surface area contributed by atoms with Crippen LogP contribution >= 0.6 is 0 Å². The molecule has 27 heavy (non-hydrogen) atoms. The first kappa shape index (κ1) is 21.1. The van der Waals surface area contributed by atoms with Gasteiger partial charge in [-0.25, -0.2) is 4.79 Å². The minimum absolute atomic E-state index is 0.145. The second-order valence-corrected chi connectivity index (χ2v) is 6.66. The van der Waals surface area contributed by atoms with Crippen molar-refractivity contribution < 1.29 is 33.3 Å². The third-order valence-electron chi connectivity index (χ3n) is 4.31. The van der Waals surface area contributed by atoms with Crippen LogP contribution in [0.5, 0.6) is 5.75 Å². The molecule has 0 spiro atoms. The average molecular weight is 378 g/mol. The third kappa shape index (κ3) is 5.63. The molecule has 1 saturated heterocycles. The highest BCUT2D eigenvalue weighted by molar-refractivity contribution is 5.81. The molecule has 0 N–H and O–H groups in total. The normalized spacial score (nSPS) is 21.0. The summed E-state index contributed by atoms with van der Waals surface area (Å²) in [7, 11) is 2.88. The van der Waals surface area contributed by atoms with E-state index in [2.05, 4.69) is 4.74 Å². The number of ether oxygens (including phenoxy) is 5. The number of aldehydes is 1. The molecule has 0 aromatic heterocycles. The fourth-order valence-corrected chi connectivity index (χ4v) is 2.72. The first-order valence-electron chi connectivity index (χ1n) is 8.63. The van der Waals surface area contributed by atoms with Gasteiger partial charge in [0.1, 0.15) is 11.9 Å². The van der Waals surface area contributed by atoms with Gasteiger partial charge in [-0.15, -0.1) is 0 Å². The summed E-state index contributed by atoms with van der Waals surface area (Å²) in [4.78, 5) is 23.4. The molecule has 0 radical (unpaired) electrons. The molecule has 0 aliphatic carbocycles. The number of hydrogen-bond donors (Lipinski definition) is 0. The molecule has 1 aromatic rings. The zero-order valence-electron chi connectivity index (χ0n) is 16.1. The van der Waals surface area contributed by atoms with E-state index >= 15 is 0 Å². The van der Waals surface area contributed by atoms with Gasteiger partial charge in [0.2, 0.25) is 0 Å². The number of esters is 1. The van der Waals surface area contributed by atoms with E-state index < -0.39 is 23.5 Å². The van der Waals surface area contributed by atoms with Crippen LogP contribution in [0.1, 0.15) is 25.8 Å². The van der Waals surface area contributed by atoms with E-state index in [-0.39, 0.29) is 19.6 Å². The summed E-state index contributed by atoms with van der Waals surface area (Å²) in [6, 6.07) is 7.34. The third-order valence-corrected chi connectivity index (χ3v) is 4.31. The Labute approximate surface area is 159 Å². The minimum Gasteiger partial charge on any atom is -0.497 e. The van der Waals surface area contributed by atoms with Crippen molar-refractivity contribution in [2.45, 2.75) is 44.4 Å². The second-order valence-electron chi connectivity index (χ2n) is 6.66. The summed E-state index contributed by atoms with van der Waals surface area (Å²) >= 11 is 0. The van der Waals surface area contributed by atoms with Gasteiger partial charge in [0, 0.05) is 12.5 Å². The van der Waals surface area contributed by atoms with E-state index in [1.54, 1.807) is 27.0 Å². The molecule has 1 aliphatic heterocycles. The quantitative estimate of drug-likeness (QED) is 0.371. The lowest BCUT2D eigenvalue weighted by atomic mass is 9.93. The Morgan fingerprint density at radius 1 is 1.30 bits per heavy atom. The van der Waals surface area contributed by atoms with E-state index in [9.17, 15) is 9.59 Å². The molecule has 2 atom stereocenters. The lowest BCUT2D eigenvalue weighted by Gasteiger charge is -2.32. The number of benzene rings is 1. The number of carbonyl (C=O) groups is 2. The lowest BCUT2D eigenvalue weighted by Crippen LogP contribution is -2.48. The largest absolute Gasteiger partial charge is 0.497 e. The zero-order valence-corrected chi connectivity index (χ0v) is 16.1. The topological polar surface area (TPSA) is 80.3 Å². The van der Waals surface area contributed by atoms with E-state index in [0.29, 0.717) is 6.29 Å². The first-order chi connectivity index (χ1) is 12.8. The molecular formula is C20H26O7. The molecule has 1 heterocycles. The Morgan fingerprint density at radius 2 is 2.00 bits per heavy atom. The van der Waals surface area contributed by atoms with Gasteiger partial charge in [-0.05, 0) is 31.5 Å². The van der Waals surface area contributed by atoms with Crippen molar-refractivity contribution in [3.63, 3.8) is 0 Å². The van der Waals surface area contributed by atoms with Gasteiger partial charge in [0.05, 0.1) is 27.4 Å². The molecule has 1 aromatic carbocycles. The maximum absolute atomic E-state index is 12.1. The average Bonchev–Trinajstić information content (AvgIpc) is 3.05. The first-order valence-corrected chi connectivity index (χ1v) is 8.63. The van der Waals surface area contributed by atoms with Gasteiger partial charge in [0.25, 0.3) is 0 Å². The Hall–Kier alpha value is -2.22. The smallest absolute Gasteiger partial charge is 0.330 e. The molecule has 0 saturated carbocycles. The van der Waals surface area contributed by atoms with Crippen LogP contribution in [-0.2, 0) is 35.1 Å². The molecule has 7 heteroatoms. The molecule has 2 unspecified atom stereocenters. The van der Waals surface area contributed by atoms with Crippen LogP contribution < -0.4 is 4.74 Å². The van der Waals surface area contributed by atoms with Gasteiger partial charge < -0.3 is 28.5 Å². The lowest BCUT2D eigenvalue weighted by molar-refractivity contribution is -0.184. The molecule has 148 valence electrons. The van der Waals surface area contributed by atoms with Crippen LogP contribution in [0.3, 0.4) is 0 Å². The van der Waals surface area contributed by atoms with Crippen LogP contribution in [0, 0.1) is 0 Å². The number of hydrogen-bond acceptors (Lipinski definition) is 7. The summed E-state index contributed by atoms with van der Waals surface area (Å²) in [6.07, 6.45) is 3.06. The van der Waals surface area contributed by atoms with Crippen LogP contribution in [0.4, 0.5) is 0 Å². The Kier molecular flexibility index (Phi) is 7.12. The molecule has 1 fully saturated rings. The van der Waals surface area contributed by atoms with Gasteiger partial charge in [-0.2, -0.15) is 0 Å². The standard InChI is InChI=1S/C20H26O7/c1-19(2)25-13-17(27-19)20(14-21,11-5-6-18(22)24-4)26-12-15-7-9-16(23-3)10-8-15/h5-10,14,17H,11-13H2,1-4H3/b6-5+. The fourth-order valence-electron chi connectivity index (χ4n) is 2.72. The molecule has 7 nitrogen and oxygen atoms in total. The summed E-state index contributed by atoms with van der Waals surface area (Å²) in [5.74, 6) is -0.585. The number of rotatable bonds is 9. The number of carbonyl (C=O) groups excluding carboxylic acids is 2. The van der Waals surface area contributed by atoms with Gasteiger partial charge >= 0.3 is 5.97 Å². The molecule has 0 amide bonds. The van der Waals surface area contributed by atoms with Crippen molar-refractivity contribution in [2.75, 3.05) is 20.8 Å². The van der Waals surface area contributed by atoms with Crippen LogP contribution in [0.2, 0.25) is 0 Å². The fraction of sp³-hybridized carbons (Fsp3) is 0.500. The molecule has 0 bridgehead atoms. The predicted molar refractivity (Wildman–Crippen MR) is 97.3 cm³/mol. The van der Waals surface area contributed by atoms with Crippen molar-refractivity contribution in [1.82, 2.24) is 0 Å². The van der Waals surface area contributed by atoms with Crippen molar-refractivity contribution >= 4 is 12.3 Å². The van der Waals surface area contributed by atoms with E-state index in [1.807, 2.05) is 24.3 Å². The molecule has 2 rings (SSSR count). The summed E-state index contributed by atoms with van der Waals surface area (Å²) in [6.45, 7) is 3.95. The van der Waals surface area contributed by atoms with Gasteiger partial charge in [-0.3, -0.25) is 0 Å². The highest BCUT2D eigenvalue weighted by Gasteiger charge is 2.47. The summed E-state index contributed by atoms with van der Waals surface area (Å²) in [5, 5.41) is 0. The minimum atomic E-state index is -1.29. The number of methoxy groups -OCH3 is 2. The van der Waals surface area contributed by atoms with Crippen molar-refractivity contribution in [3.8, 4) is 5.75 Å². The maximum Gasteiger partial charge on any atom is 0.330 e.